The predicted octanol–water partition coefficient (Wildman–Crippen LogP) is 3.30. The highest BCUT2D eigenvalue weighted by atomic mass is 32.2. The molecule has 0 aliphatic carbocycles. The molecule has 0 saturated heterocycles. The Balaban J connectivity index is 2.94. The molecule has 1 atom stereocenters. The first-order chi connectivity index (χ1) is 9.91. The van der Waals surface area contributed by atoms with Crippen LogP contribution in [-0.2, 0) is 10.0 Å². The van der Waals surface area contributed by atoms with Crippen LogP contribution in [0.25, 0.3) is 0 Å². The smallest absolute Gasteiger partial charge is 0.327 e. The van der Waals surface area contributed by atoms with Gasteiger partial charge in [-0.2, -0.15) is 8.42 Å². The molecule has 0 amide bonds. The lowest BCUT2D eigenvalue weighted by atomic mass is 10.3. The van der Waals surface area contributed by atoms with Crippen molar-refractivity contribution >= 4 is 22.7 Å². The predicted molar refractivity (Wildman–Crippen MR) is 89.2 cm³/mol. The highest BCUT2D eigenvalue weighted by Gasteiger charge is 2.37. The van der Waals surface area contributed by atoms with Crippen molar-refractivity contribution in [2.24, 2.45) is 0 Å². The van der Waals surface area contributed by atoms with Crippen LogP contribution in [0, 0.1) is 0 Å². The van der Waals surface area contributed by atoms with Crippen molar-refractivity contribution in [3.8, 4) is 5.75 Å². The number of thiol groups is 1. The lowest BCUT2D eigenvalue weighted by molar-refractivity contribution is -0.770. The number of unbranched alkanes of at least 4 members (excludes halogenated alkanes) is 1. The maximum atomic E-state index is 12.7. The van der Waals surface area contributed by atoms with Crippen LogP contribution in [0.3, 0.4) is 0 Å². The van der Waals surface area contributed by atoms with Gasteiger partial charge in [0.05, 0.1) is 20.2 Å². The number of ether oxygens (including phenoxy) is 1. The minimum Gasteiger partial charge on any atom is -0.494 e. The first-order valence-corrected chi connectivity index (χ1v) is 9.42. The lowest BCUT2D eigenvalue weighted by Crippen LogP contribution is -2.48. The third-order valence-electron chi connectivity index (χ3n) is 3.46. The van der Waals surface area contributed by atoms with Gasteiger partial charge in [0.2, 0.25) is 0 Å². The Labute approximate surface area is 134 Å². The average Bonchev–Trinajstić information content (AvgIpc) is 2.48. The van der Waals surface area contributed by atoms with Gasteiger partial charge in [0.1, 0.15) is 16.5 Å². The summed E-state index contributed by atoms with van der Waals surface area (Å²) in [4.78, 5) is 0.315. The van der Waals surface area contributed by atoms with Gasteiger partial charge in [0.15, 0.2) is 0 Å². The Bertz CT molecular complexity index is 528. The number of sulfonamides is 1. The second kappa shape index (κ2) is 8.06. The SMILES string of the molecule is CCCCOc1ccc(S(=O)(=O)[N+](C)(CS)CCC)cc1. The summed E-state index contributed by atoms with van der Waals surface area (Å²) in [6.07, 6.45) is 2.85. The first kappa shape index (κ1) is 18.3. The lowest BCUT2D eigenvalue weighted by Gasteiger charge is -2.30. The van der Waals surface area contributed by atoms with Crippen molar-refractivity contribution in [2.75, 3.05) is 26.1 Å². The molecule has 0 spiro atoms. The van der Waals surface area contributed by atoms with Gasteiger partial charge in [-0.15, -0.1) is 12.6 Å². The van der Waals surface area contributed by atoms with E-state index in [9.17, 15) is 8.42 Å². The number of benzene rings is 1. The third kappa shape index (κ3) is 4.37. The van der Waals surface area contributed by atoms with Crippen LogP contribution >= 0.6 is 12.6 Å². The standard InChI is InChI=1S/C15H25NO3S2/c1-4-6-12-19-14-7-9-15(10-8-14)21(17,18)16(3,13-20)11-5-2/h7-10H,4-6,11-13H2,1-3H3/p+1. The minimum absolute atomic E-state index is 0.0946. The fourth-order valence-corrected chi connectivity index (χ4v) is 4.20. The van der Waals surface area contributed by atoms with E-state index in [1.165, 1.54) is 0 Å². The molecule has 0 aliphatic heterocycles. The zero-order valence-corrected chi connectivity index (χ0v) is 14.8. The molecule has 0 saturated carbocycles. The maximum Gasteiger partial charge on any atom is 0.327 e. The van der Waals surface area contributed by atoms with E-state index in [4.69, 9.17) is 4.74 Å². The average molecular weight is 333 g/mol. The van der Waals surface area contributed by atoms with Gasteiger partial charge in [-0.25, -0.2) is 3.89 Å². The normalized spacial score (nSPS) is 14.7. The van der Waals surface area contributed by atoms with E-state index >= 15 is 0 Å². The molecule has 6 heteroatoms. The van der Waals surface area contributed by atoms with Crippen molar-refractivity contribution < 1.29 is 17.0 Å². The Morgan fingerprint density at radius 1 is 1.14 bits per heavy atom. The molecule has 0 heterocycles. The van der Waals surface area contributed by atoms with Gasteiger partial charge in [-0.05, 0) is 37.1 Å². The Kier molecular flexibility index (Phi) is 7.03. The Morgan fingerprint density at radius 3 is 2.24 bits per heavy atom. The molecule has 0 aliphatic rings. The third-order valence-corrected chi connectivity index (χ3v) is 6.62. The molecule has 1 aromatic carbocycles. The summed E-state index contributed by atoms with van der Waals surface area (Å²) in [5.74, 6) is 0.961. The topological polar surface area (TPSA) is 43.4 Å². The van der Waals surface area contributed by atoms with Crippen molar-refractivity contribution in [3.05, 3.63) is 24.3 Å². The van der Waals surface area contributed by atoms with Crippen LogP contribution in [0.2, 0.25) is 0 Å². The fourth-order valence-electron chi connectivity index (χ4n) is 2.04. The van der Waals surface area contributed by atoms with Crippen molar-refractivity contribution in [3.63, 3.8) is 0 Å². The van der Waals surface area contributed by atoms with Gasteiger partial charge >= 0.3 is 10.0 Å². The van der Waals surface area contributed by atoms with Gasteiger partial charge in [-0.3, -0.25) is 0 Å². The summed E-state index contributed by atoms with van der Waals surface area (Å²) in [7, 11) is -1.74. The van der Waals surface area contributed by atoms with E-state index in [0.717, 1.165) is 19.3 Å². The monoisotopic (exact) mass is 332 g/mol. The van der Waals surface area contributed by atoms with Crippen LogP contribution < -0.4 is 4.74 Å². The van der Waals surface area contributed by atoms with Gasteiger partial charge < -0.3 is 4.74 Å². The van der Waals surface area contributed by atoms with Crippen LogP contribution in [0.5, 0.6) is 5.75 Å². The van der Waals surface area contributed by atoms with Gasteiger partial charge in [0, 0.05) is 0 Å². The zero-order valence-electron chi connectivity index (χ0n) is 13.1. The molecule has 4 nitrogen and oxygen atoms in total. The van der Waals surface area contributed by atoms with Crippen molar-refractivity contribution in [2.45, 2.75) is 38.0 Å². The van der Waals surface area contributed by atoms with Crippen LogP contribution in [0.15, 0.2) is 29.2 Å². The van der Waals surface area contributed by atoms with Crippen LogP contribution in [0.1, 0.15) is 33.1 Å². The summed E-state index contributed by atoms with van der Waals surface area (Å²) in [5, 5.41) is 0. The van der Waals surface area contributed by atoms with Crippen molar-refractivity contribution in [1.82, 2.24) is 0 Å². The van der Waals surface area contributed by atoms with E-state index in [0.29, 0.717) is 23.8 Å². The van der Waals surface area contributed by atoms with Crippen molar-refractivity contribution in [1.29, 1.82) is 0 Å². The second-order valence-electron chi connectivity index (χ2n) is 5.31. The molecular formula is C15H26NO3S2+. The Hall–Kier alpha value is -0.720. The van der Waals surface area contributed by atoms with E-state index < -0.39 is 10.0 Å². The molecule has 0 bridgehead atoms. The molecule has 1 aromatic rings. The zero-order chi connectivity index (χ0) is 15.9. The largest absolute Gasteiger partial charge is 0.494 e. The molecule has 0 radical (unpaired) electrons. The summed E-state index contributed by atoms with van der Waals surface area (Å²) in [6.45, 7) is 5.27. The maximum absolute atomic E-state index is 12.7. The first-order valence-electron chi connectivity index (χ1n) is 7.34. The van der Waals surface area contributed by atoms with Gasteiger partial charge in [-0.1, -0.05) is 20.3 Å². The summed E-state index contributed by atoms with van der Waals surface area (Å²) >= 11 is 4.22. The second-order valence-corrected chi connectivity index (χ2v) is 7.90. The number of rotatable bonds is 9. The van der Waals surface area contributed by atoms with E-state index in [2.05, 4.69) is 19.6 Å². The fraction of sp³-hybridized carbons (Fsp3) is 0.600. The molecule has 0 fully saturated rings. The summed E-state index contributed by atoms with van der Waals surface area (Å²) in [6, 6.07) is 6.67. The van der Waals surface area contributed by atoms with E-state index in [-0.39, 0.29) is 9.77 Å². The molecule has 0 aromatic heterocycles. The number of hydrogen-bond donors (Lipinski definition) is 1. The molecule has 1 unspecified atom stereocenters. The van der Waals surface area contributed by atoms with Crippen LogP contribution in [-0.4, -0.2) is 38.4 Å². The van der Waals surface area contributed by atoms with E-state index in [1.807, 2.05) is 6.92 Å². The number of quaternary nitrogens is 1. The number of hydrogen-bond acceptors (Lipinski definition) is 4. The Morgan fingerprint density at radius 2 is 1.76 bits per heavy atom. The summed E-state index contributed by atoms with van der Waals surface area (Å²) in [5.41, 5.74) is 0. The highest BCUT2D eigenvalue weighted by Crippen LogP contribution is 2.25. The highest BCUT2D eigenvalue weighted by molar-refractivity contribution is 7.87. The number of nitrogens with zero attached hydrogens (tertiary/aromatic N) is 1. The molecule has 1 rings (SSSR count). The molecule has 0 N–H and O–H groups in total. The molecule has 120 valence electrons. The van der Waals surface area contributed by atoms with Gasteiger partial charge in [0.25, 0.3) is 0 Å². The molecule has 21 heavy (non-hydrogen) atoms. The molecular weight excluding hydrogens is 306 g/mol. The van der Waals surface area contributed by atoms with Crippen LogP contribution in [0.4, 0.5) is 0 Å². The minimum atomic E-state index is -3.45. The van der Waals surface area contributed by atoms with E-state index in [1.54, 1.807) is 31.3 Å². The quantitative estimate of drug-likeness (QED) is 0.327. The summed E-state index contributed by atoms with van der Waals surface area (Å²) < 4.78 is 30.9.